The number of carbonyl (C=O) groups excluding carboxylic acids is 1. The zero-order chi connectivity index (χ0) is 22.1. The quantitative estimate of drug-likeness (QED) is 0.363. The number of benzene rings is 1. The largest absolute Gasteiger partial charge is 0.469 e. The molecule has 160 valence electrons. The monoisotopic (exact) mass is 427 g/mol. The second kappa shape index (κ2) is 8.14. The molecule has 0 saturated heterocycles. The SMILES string of the molecule is Cc1cc(C(=O)COc2ncnc3c2cnn3-c2ccccc2)c(C)n1Cc1ccco1. The first-order valence-corrected chi connectivity index (χ1v) is 10.2. The molecule has 0 aliphatic carbocycles. The van der Waals surface area contributed by atoms with Crippen molar-refractivity contribution < 1.29 is 13.9 Å². The van der Waals surface area contributed by atoms with Crippen molar-refractivity contribution >= 4 is 16.8 Å². The van der Waals surface area contributed by atoms with Crippen molar-refractivity contribution in [2.45, 2.75) is 20.4 Å². The lowest BCUT2D eigenvalue weighted by Crippen LogP contribution is -2.14. The van der Waals surface area contributed by atoms with Crippen LogP contribution in [-0.4, -0.2) is 36.7 Å². The lowest BCUT2D eigenvalue weighted by atomic mass is 10.1. The van der Waals surface area contributed by atoms with Gasteiger partial charge in [-0.3, -0.25) is 4.79 Å². The van der Waals surface area contributed by atoms with Crippen LogP contribution in [0.4, 0.5) is 0 Å². The number of carbonyl (C=O) groups is 1. The summed E-state index contributed by atoms with van der Waals surface area (Å²) in [6, 6.07) is 15.3. The smallest absolute Gasteiger partial charge is 0.228 e. The Morgan fingerprint density at radius 2 is 1.94 bits per heavy atom. The number of aryl methyl sites for hydroxylation is 1. The van der Waals surface area contributed by atoms with Crippen molar-refractivity contribution in [3.05, 3.63) is 90.0 Å². The summed E-state index contributed by atoms with van der Waals surface area (Å²) in [6.45, 7) is 4.34. The van der Waals surface area contributed by atoms with E-state index < -0.39 is 0 Å². The molecule has 4 aromatic heterocycles. The van der Waals surface area contributed by atoms with Gasteiger partial charge in [-0.2, -0.15) is 5.10 Å². The molecular weight excluding hydrogens is 406 g/mol. The topological polar surface area (TPSA) is 88.0 Å². The molecule has 0 fully saturated rings. The van der Waals surface area contributed by atoms with Crippen LogP contribution in [0.15, 0.2) is 71.7 Å². The highest BCUT2D eigenvalue weighted by atomic mass is 16.5. The number of fused-ring (bicyclic) bond motifs is 1. The molecule has 32 heavy (non-hydrogen) atoms. The average Bonchev–Trinajstić information content (AvgIpc) is 3.54. The second-order valence-electron chi connectivity index (χ2n) is 7.47. The minimum absolute atomic E-state index is 0.119. The summed E-state index contributed by atoms with van der Waals surface area (Å²) in [5, 5.41) is 5.06. The molecule has 0 aliphatic rings. The number of nitrogens with zero attached hydrogens (tertiary/aromatic N) is 5. The van der Waals surface area contributed by atoms with Gasteiger partial charge in [0.2, 0.25) is 11.7 Å². The second-order valence-corrected chi connectivity index (χ2v) is 7.47. The van der Waals surface area contributed by atoms with Crippen LogP contribution in [0, 0.1) is 13.8 Å². The van der Waals surface area contributed by atoms with Gasteiger partial charge in [-0.1, -0.05) is 18.2 Å². The number of hydrogen-bond donors (Lipinski definition) is 0. The van der Waals surface area contributed by atoms with E-state index in [1.807, 2.05) is 62.4 Å². The van der Waals surface area contributed by atoms with E-state index in [1.54, 1.807) is 17.1 Å². The molecule has 0 bridgehead atoms. The fourth-order valence-corrected chi connectivity index (χ4v) is 3.79. The predicted molar refractivity (Wildman–Crippen MR) is 118 cm³/mol. The highest BCUT2D eigenvalue weighted by molar-refractivity contribution is 5.98. The van der Waals surface area contributed by atoms with Gasteiger partial charge in [0.05, 0.1) is 24.7 Å². The molecule has 8 heteroatoms. The first-order chi connectivity index (χ1) is 15.6. The molecular formula is C24H21N5O3. The summed E-state index contributed by atoms with van der Waals surface area (Å²) in [7, 11) is 0. The van der Waals surface area contributed by atoms with Gasteiger partial charge in [-0.25, -0.2) is 14.6 Å². The van der Waals surface area contributed by atoms with Crippen molar-refractivity contribution in [1.82, 2.24) is 24.3 Å². The molecule has 0 spiro atoms. The van der Waals surface area contributed by atoms with Gasteiger partial charge in [0.15, 0.2) is 12.3 Å². The Morgan fingerprint density at radius 1 is 1.09 bits per heavy atom. The number of para-hydroxylation sites is 1. The Kier molecular flexibility index (Phi) is 5.03. The Balaban J connectivity index is 1.36. The van der Waals surface area contributed by atoms with Crippen LogP contribution >= 0.6 is 0 Å². The van der Waals surface area contributed by atoms with Gasteiger partial charge < -0.3 is 13.7 Å². The molecule has 5 aromatic rings. The molecule has 0 N–H and O–H groups in total. The number of ketones is 1. The Labute approximate surface area is 184 Å². The van der Waals surface area contributed by atoms with Crippen LogP contribution < -0.4 is 4.74 Å². The molecule has 8 nitrogen and oxygen atoms in total. The number of rotatable bonds is 7. The van der Waals surface area contributed by atoms with E-state index >= 15 is 0 Å². The minimum atomic E-state index is -0.131. The summed E-state index contributed by atoms with van der Waals surface area (Å²) in [5.74, 6) is 1.04. The van der Waals surface area contributed by atoms with Crippen molar-refractivity contribution in [1.29, 1.82) is 0 Å². The number of aromatic nitrogens is 5. The maximum Gasteiger partial charge on any atom is 0.228 e. The van der Waals surface area contributed by atoms with Crippen LogP contribution in [0.5, 0.6) is 5.88 Å². The maximum atomic E-state index is 12.9. The third-order valence-corrected chi connectivity index (χ3v) is 5.44. The van der Waals surface area contributed by atoms with E-state index in [2.05, 4.69) is 19.6 Å². The molecule has 0 saturated carbocycles. The van der Waals surface area contributed by atoms with E-state index in [1.165, 1.54) is 6.33 Å². The third-order valence-electron chi connectivity index (χ3n) is 5.44. The van der Waals surface area contributed by atoms with Crippen molar-refractivity contribution in [2.24, 2.45) is 0 Å². The van der Waals surface area contributed by atoms with E-state index in [-0.39, 0.29) is 12.4 Å². The van der Waals surface area contributed by atoms with Gasteiger partial charge in [0.1, 0.15) is 17.5 Å². The highest BCUT2D eigenvalue weighted by Crippen LogP contribution is 2.24. The number of furan rings is 1. The zero-order valence-electron chi connectivity index (χ0n) is 17.7. The highest BCUT2D eigenvalue weighted by Gasteiger charge is 2.19. The number of hydrogen-bond acceptors (Lipinski definition) is 6. The van der Waals surface area contributed by atoms with Gasteiger partial charge in [-0.15, -0.1) is 0 Å². The molecule has 4 heterocycles. The molecule has 5 rings (SSSR count). The lowest BCUT2D eigenvalue weighted by Gasteiger charge is -2.08. The summed E-state index contributed by atoms with van der Waals surface area (Å²) < 4.78 is 15.0. The van der Waals surface area contributed by atoms with E-state index in [4.69, 9.17) is 9.15 Å². The first kappa shape index (κ1) is 19.7. The van der Waals surface area contributed by atoms with Crippen molar-refractivity contribution in [3.8, 4) is 11.6 Å². The lowest BCUT2D eigenvalue weighted by molar-refractivity contribution is 0.0918. The molecule has 0 radical (unpaired) electrons. The zero-order valence-corrected chi connectivity index (χ0v) is 17.7. The molecule has 0 aliphatic heterocycles. The number of Topliss-reactive ketones (excluding diaryl/α,β-unsaturated/α-hetero) is 1. The normalized spacial score (nSPS) is 11.2. The Bertz CT molecular complexity index is 1380. The van der Waals surface area contributed by atoms with Crippen LogP contribution in [0.1, 0.15) is 27.5 Å². The van der Waals surface area contributed by atoms with Gasteiger partial charge in [0, 0.05) is 17.0 Å². The van der Waals surface area contributed by atoms with Gasteiger partial charge in [0.25, 0.3) is 0 Å². The average molecular weight is 427 g/mol. The van der Waals surface area contributed by atoms with E-state index in [0.717, 1.165) is 22.8 Å². The van der Waals surface area contributed by atoms with Crippen LogP contribution in [0.3, 0.4) is 0 Å². The molecule has 0 unspecified atom stereocenters. The van der Waals surface area contributed by atoms with Crippen LogP contribution in [0.25, 0.3) is 16.7 Å². The fraction of sp³-hybridized carbons (Fsp3) is 0.167. The molecule has 0 amide bonds. The van der Waals surface area contributed by atoms with Crippen molar-refractivity contribution in [3.63, 3.8) is 0 Å². The first-order valence-electron chi connectivity index (χ1n) is 10.2. The molecule has 1 aromatic carbocycles. The Hall–Kier alpha value is -4.20. The predicted octanol–water partition coefficient (Wildman–Crippen LogP) is 4.14. The standard InChI is InChI=1S/C24H21N5O3/c1-16-11-20(17(2)28(16)13-19-9-6-10-31-19)22(30)14-32-24-21-12-27-29(23(21)25-15-26-24)18-7-4-3-5-8-18/h3-12,15H,13-14H2,1-2H3. The van der Waals surface area contributed by atoms with Crippen LogP contribution in [0.2, 0.25) is 0 Å². The van der Waals surface area contributed by atoms with Crippen molar-refractivity contribution in [2.75, 3.05) is 6.61 Å². The Morgan fingerprint density at radius 3 is 2.72 bits per heavy atom. The maximum absolute atomic E-state index is 12.9. The fourth-order valence-electron chi connectivity index (χ4n) is 3.79. The summed E-state index contributed by atoms with van der Waals surface area (Å²) >= 11 is 0. The third kappa shape index (κ3) is 3.56. The van der Waals surface area contributed by atoms with Gasteiger partial charge >= 0.3 is 0 Å². The minimum Gasteiger partial charge on any atom is -0.469 e. The van der Waals surface area contributed by atoms with Gasteiger partial charge in [-0.05, 0) is 44.2 Å². The summed E-state index contributed by atoms with van der Waals surface area (Å²) in [4.78, 5) is 21.5. The van der Waals surface area contributed by atoms with E-state index in [0.29, 0.717) is 29.0 Å². The van der Waals surface area contributed by atoms with Crippen LogP contribution in [-0.2, 0) is 6.54 Å². The summed E-state index contributed by atoms with van der Waals surface area (Å²) in [6.07, 6.45) is 4.71. The summed E-state index contributed by atoms with van der Waals surface area (Å²) in [5.41, 5.74) is 3.98. The van der Waals surface area contributed by atoms with E-state index in [9.17, 15) is 4.79 Å². The molecule has 0 atom stereocenters. The number of ether oxygens (including phenoxy) is 1.